The van der Waals surface area contributed by atoms with Gasteiger partial charge in [0.2, 0.25) is 0 Å². The summed E-state index contributed by atoms with van der Waals surface area (Å²) in [5.41, 5.74) is -0.780. The molecule has 0 aliphatic carbocycles. The molecule has 0 radical (unpaired) electrons. The molecule has 1 N–H and O–H groups in total. The fraction of sp³-hybridized carbons (Fsp3) is 0.462. The summed E-state index contributed by atoms with van der Waals surface area (Å²) in [4.78, 5) is 27.3. The SMILES string of the molecule is CCC(Cc1ccnc(Br)c1OC)(C(C)=O)C(=O)O. The number of methoxy groups -OCH3 is 1. The minimum atomic E-state index is -1.42. The highest BCUT2D eigenvalue weighted by atomic mass is 79.9. The van der Waals surface area contributed by atoms with Gasteiger partial charge in [0.25, 0.3) is 0 Å². The molecule has 1 rings (SSSR count). The lowest BCUT2D eigenvalue weighted by molar-refractivity contribution is -0.154. The average Bonchev–Trinajstić information content (AvgIpc) is 2.35. The smallest absolute Gasteiger partial charge is 0.317 e. The van der Waals surface area contributed by atoms with Crippen LogP contribution in [0.2, 0.25) is 0 Å². The van der Waals surface area contributed by atoms with Crippen LogP contribution in [0.4, 0.5) is 0 Å². The van der Waals surface area contributed by atoms with Crippen LogP contribution in [0.15, 0.2) is 16.9 Å². The summed E-state index contributed by atoms with van der Waals surface area (Å²) in [6.07, 6.45) is 1.85. The van der Waals surface area contributed by atoms with E-state index in [4.69, 9.17) is 4.74 Å². The molecule has 0 fully saturated rings. The van der Waals surface area contributed by atoms with Crippen molar-refractivity contribution in [1.82, 2.24) is 4.98 Å². The van der Waals surface area contributed by atoms with Crippen LogP contribution in [0.5, 0.6) is 5.75 Å². The third-order valence-electron chi connectivity index (χ3n) is 3.33. The number of aromatic nitrogens is 1. The molecule has 1 unspecified atom stereocenters. The number of hydrogen-bond donors (Lipinski definition) is 1. The van der Waals surface area contributed by atoms with Crippen molar-refractivity contribution in [3.05, 3.63) is 22.4 Å². The highest BCUT2D eigenvalue weighted by Gasteiger charge is 2.42. The first-order valence-corrected chi connectivity index (χ1v) is 6.60. The maximum absolute atomic E-state index is 11.8. The molecule has 5 nitrogen and oxygen atoms in total. The molecule has 6 heteroatoms. The van der Waals surface area contributed by atoms with Crippen LogP contribution >= 0.6 is 15.9 Å². The number of ether oxygens (including phenoxy) is 1. The molecular formula is C13H16BrNO4. The minimum Gasteiger partial charge on any atom is -0.494 e. The van der Waals surface area contributed by atoms with Gasteiger partial charge in [-0.2, -0.15) is 0 Å². The molecule has 1 aromatic heterocycles. The lowest BCUT2D eigenvalue weighted by Gasteiger charge is -2.26. The molecule has 104 valence electrons. The van der Waals surface area contributed by atoms with Gasteiger partial charge in [0.1, 0.15) is 15.8 Å². The molecule has 1 atom stereocenters. The van der Waals surface area contributed by atoms with Gasteiger partial charge in [-0.25, -0.2) is 4.98 Å². The summed E-state index contributed by atoms with van der Waals surface area (Å²) in [6.45, 7) is 3.00. The molecule has 0 saturated heterocycles. The highest BCUT2D eigenvalue weighted by Crippen LogP contribution is 2.35. The van der Waals surface area contributed by atoms with Crippen molar-refractivity contribution in [3.8, 4) is 5.75 Å². The molecule has 0 amide bonds. The molecule has 1 aromatic rings. The molecule has 0 saturated carbocycles. The van der Waals surface area contributed by atoms with Crippen LogP contribution < -0.4 is 4.74 Å². The Morgan fingerprint density at radius 2 is 2.16 bits per heavy atom. The largest absolute Gasteiger partial charge is 0.494 e. The normalized spacial score (nSPS) is 13.7. The maximum Gasteiger partial charge on any atom is 0.317 e. The second kappa shape index (κ2) is 6.14. The van der Waals surface area contributed by atoms with E-state index < -0.39 is 11.4 Å². The lowest BCUT2D eigenvalue weighted by atomic mass is 9.76. The van der Waals surface area contributed by atoms with Crippen molar-refractivity contribution in [2.75, 3.05) is 7.11 Å². The first-order chi connectivity index (χ1) is 8.89. The van der Waals surface area contributed by atoms with E-state index >= 15 is 0 Å². The number of carboxylic acids is 1. The Kier molecular flexibility index (Phi) is 5.05. The number of halogens is 1. The van der Waals surface area contributed by atoms with Crippen molar-refractivity contribution in [2.45, 2.75) is 26.7 Å². The predicted molar refractivity (Wildman–Crippen MR) is 73.2 cm³/mol. The topological polar surface area (TPSA) is 76.5 Å². The quantitative estimate of drug-likeness (QED) is 0.640. The first-order valence-electron chi connectivity index (χ1n) is 5.80. The second-order valence-corrected chi connectivity index (χ2v) is 5.02. The maximum atomic E-state index is 11.8. The van der Waals surface area contributed by atoms with Gasteiger partial charge in [0.15, 0.2) is 5.75 Å². The standard InChI is InChI=1S/C13H16BrNO4/c1-4-13(8(2)16,12(17)18)7-9-5-6-15-11(14)10(9)19-3/h5-6H,4,7H2,1-3H3,(H,17,18). The van der Waals surface area contributed by atoms with Crippen LogP contribution in [-0.4, -0.2) is 29.0 Å². The zero-order chi connectivity index (χ0) is 14.6. The monoisotopic (exact) mass is 329 g/mol. The average molecular weight is 330 g/mol. The van der Waals surface area contributed by atoms with Crippen molar-refractivity contribution >= 4 is 27.7 Å². The lowest BCUT2D eigenvalue weighted by Crippen LogP contribution is -2.39. The Hall–Kier alpha value is -1.43. The van der Waals surface area contributed by atoms with Gasteiger partial charge >= 0.3 is 5.97 Å². The molecule has 0 spiro atoms. The van der Waals surface area contributed by atoms with Crippen molar-refractivity contribution in [1.29, 1.82) is 0 Å². The van der Waals surface area contributed by atoms with E-state index in [9.17, 15) is 14.7 Å². The fourth-order valence-electron chi connectivity index (χ4n) is 2.01. The van der Waals surface area contributed by atoms with Crippen LogP contribution in [0.1, 0.15) is 25.8 Å². The zero-order valence-electron chi connectivity index (χ0n) is 11.1. The fourth-order valence-corrected chi connectivity index (χ4v) is 2.55. The number of Topliss-reactive ketones (excluding diaryl/α,β-unsaturated/α-hetero) is 1. The summed E-state index contributed by atoms with van der Waals surface area (Å²) >= 11 is 3.24. The van der Waals surface area contributed by atoms with E-state index in [1.54, 1.807) is 19.2 Å². The van der Waals surface area contributed by atoms with Gasteiger partial charge in [-0.1, -0.05) is 6.92 Å². The molecule has 0 bridgehead atoms. The van der Waals surface area contributed by atoms with E-state index in [0.29, 0.717) is 15.9 Å². The van der Waals surface area contributed by atoms with Gasteiger partial charge in [-0.3, -0.25) is 9.59 Å². The minimum absolute atomic E-state index is 0.0818. The van der Waals surface area contributed by atoms with Crippen molar-refractivity contribution in [3.63, 3.8) is 0 Å². The third kappa shape index (κ3) is 2.94. The van der Waals surface area contributed by atoms with Gasteiger partial charge in [-0.15, -0.1) is 0 Å². The molecule has 0 aliphatic heterocycles. The Labute approximate surface area is 120 Å². The second-order valence-electron chi connectivity index (χ2n) is 4.27. The number of pyridine rings is 1. The van der Waals surface area contributed by atoms with Gasteiger partial charge in [-0.05, 0) is 41.8 Å². The van der Waals surface area contributed by atoms with Gasteiger partial charge in [0.05, 0.1) is 7.11 Å². The number of nitrogens with zero attached hydrogens (tertiary/aromatic N) is 1. The van der Waals surface area contributed by atoms with Gasteiger partial charge in [0, 0.05) is 11.8 Å². The molecular weight excluding hydrogens is 314 g/mol. The summed E-state index contributed by atoms with van der Waals surface area (Å²) in [5, 5.41) is 9.40. The number of carboxylic acid groups (broad SMARTS) is 1. The van der Waals surface area contributed by atoms with Crippen molar-refractivity contribution in [2.24, 2.45) is 5.41 Å². The predicted octanol–water partition coefficient (Wildman–Crippen LogP) is 2.47. The molecule has 19 heavy (non-hydrogen) atoms. The van der Waals surface area contributed by atoms with Crippen LogP contribution in [-0.2, 0) is 16.0 Å². The molecule has 1 heterocycles. The Balaban J connectivity index is 3.28. The summed E-state index contributed by atoms with van der Waals surface area (Å²) < 4.78 is 5.70. The van der Waals surface area contributed by atoms with Crippen LogP contribution in [0.3, 0.4) is 0 Å². The Bertz CT molecular complexity index is 487. The molecule has 0 aliphatic rings. The van der Waals surface area contributed by atoms with Crippen molar-refractivity contribution < 1.29 is 19.4 Å². The Morgan fingerprint density at radius 3 is 2.58 bits per heavy atom. The number of hydrogen-bond acceptors (Lipinski definition) is 4. The number of ketones is 1. The zero-order valence-corrected chi connectivity index (χ0v) is 12.7. The van der Waals surface area contributed by atoms with Gasteiger partial charge < -0.3 is 9.84 Å². The van der Waals surface area contributed by atoms with E-state index in [1.165, 1.54) is 14.0 Å². The molecule has 0 aromatic carbocycles. The number of rotatable bonds is 6. The number of carbonyl (C=O) groups is 2. The third-order valence-corrected chi connectivity index (χ3v) is 3.89. The van der Waals surface area contributed by atoms with E-state index in [2.05, 4.69) is 20.9 Å². The van der Waals surface area contributed by atoms with Crippen LogP contribution in [0.25, 0.3) is 0 Å². The number of carbonyl (C=O) groups excluding carboxylic acids is 1. The summed E-state index contributed by atoms with van der Waals surface area (Å²) in [6, 6.07) is 1.67. The van der Waals surface area contributed by atoms with E-state index in [-0.39, 0.29) is 18.6 Å². The Morgan fingerprint density at radius 1 is 1.53 bits per heavy atom. The highest BCUT2D eigenvalue weighted by molar-refractivity contribution is 9.10. The van der Waals surface area contributed by atoms with Crippen LogP contribution in [0, 0.1) is 5.41 Å². The number of aliphatic carboxylic acids is 1. The van der Waals surface area contributed by atoms with E-state index in [1.807, 2.05) is 0 Å². The first kappa shape index (κ1) is 15.6. The summed E-state index contributed by atoms with van der Waals surface area (Å²) in [7, 11) is 1.48. The van der Waals surface area contributed by atoms with E-state index in [0.717, 1.165) is 0 Å². The summed E-state index contributed by atoms with van der Waals surface area (Å²) in [5.74, 6) is -1.02.